The maximum atomic E-state index is 12.3. The van der Waals surface area contributed by atoms with Crippen LogP contribution in [0.15, 0.2) is 36.8 Å². The Balaban J connectivity index is 1.75. The fourth-order valence-corrected chi connectivity index (χ4v) is 5.14. The Kier molecular flexibility index (Phi) is 3.74. The predicted molar refractivity (Wildman–Crippen MR) is 90.9 cm³/mol. The van der Waals surface area contributed by atoms with E-state index in [4.69, 9.17) is 0 Å². The normalized spacial score (nSPS) is 27.0. The van der Waals surface area contributed by atoms with E-state index in [1.807, 2.05) is 18.3 Å². The number of hydrogen-bond donors (Lipinski definition) is 1. The number of fused-ring (bicyclic) bond motifs is 3. The van der Waals surface area contributed by atoms with Crippen LogP contribution < -0.4 is 0 Å². The third kappa shape index (κ3) is 2.30. The second-order valence-electron chi connectivity index (χ2n) is 6.50. The molecule has 1 aromatic carbocycles. The van der Waals surface area contributed by atoms with Gasteiger partial charge in [0.05, 0.1) is 36.1 Å². The van der Waals surface area contributed by atoms with E-state index in [2.05, 4.69) is 21.7 Å². The molecule has 128 valence electrons. The van der Waals surface area contributed by atoms with Gasteiger partial charge in [0.1, 0.15) is 0 Å². The Morgan fingerprint density at radius 3 is 2.92 bits per heavy atom. The largest absolute Gasteiger partial charge is 0.393 e. The van der Waals surface area contributed by atoms with Crippen molar-refractivity contribution in [3.8, 4) is 11.3 Å². The second-order valence-corrected chi connectivity index (χ2v) is 8.75. The van der Waals surface area contributed by atoms with Gasteiger partial charge in [-0.15, -0.1) is 0 Å². The molecular weight excluding hydrogens is 326 g/mol. The van der Waals surface area contributed by atoms with Crippen LogP contribution in [-0.2, 0) is 10.0 Å². The summed E-state index contributed by atoms with van der Waals surface area (Å²) in [6.45, 7) is 2.39. The number of aliphatic hydroxyl groups excluding tert-OH is 1. The highest BCUT2D eigenvalue weighted by Gasteiger charge is 2.42. The van der Waals surface area contributed by atoms with E-state index in [0.29, 0.717) is 19.5 Å². The first kappa shape index (κ1) is 15.8. The number of aromatic nitrogens is 2. The molecule has 2 aliphatic heterocycles. The Hall–Kier alpha value is -1.70. The molecule has 0 bridgehead atoms. The van der Waals surface area contributed by atoms with Gasteiger partial charge in [-0.2, -0.15) is 0 Å². The minimum atomic E-state index is -3.25. The van der Waals surface area contributed by atoms with Crippen LogP contribution in [0.5, 0.6) is 0 Å². The van der Waals surface area contributed by atoms with Crippen molar-refractivity contribution in [2.75, 3.05) is 18.8 Å². The van der Waals surface area contributed by atoms with Crippen LogP contribution in [0.2, 0.25) is 0 Å². The second kappa shape index (κ2) is 5.68. The highest BCUT2D eigenvalue weighted by atomic mass is 32.2. The van der Waals surface area contributed by atoms with Crippen molar-refractivity contribution in [1.82, 2.24) is 13.9 Å². The number of imidazole rings is 1. The van der Waals surface area contributed by atoms with E-state index in [0.717, 1.165) is 16.8 Å². The standard InChI is InChI=1S/C17H21N3O3S/c1-2-24(22,23)19-8-7-16(21)14(10-19)17-13-6-4-3-5-12(13)15-9-18-11-20(15)17/h3-6,9,11,14,16-17,21H,2,7-8,10H2,1H3/t14-,16-,17-/m0/s1. The Labute approximate surface area is 141 Å². The van der Waals surface area contributed by atoms with Crippen molar-refractivity contribution >= 4 is 10.0 Å². The molecule has 1 saturated heterocycles. The average Bonchev–Trinajstić information content (AvgIpc) is 3.16. The lowest BCUT2D eigenvalue weighted by Gasteiger charge is -2.39. The molecule has 1 aromatic heterocycles. The molecule has 0 radical (unpaired) electrons. The zero-order valence-electron chi connectivity index (χ0n) is 13.5. The lowest BCUT2D eigenvalue weighted by molar-refractivity contribution is 0.0357. The van der Waals surface area contributed by atoms with Crippen LogP contribution in [0.3, 0.4) is 0 Å². The minimum Gasteiger partial charge on any atom is -0.393 e. The van der Waals surface area contributed by atoms with Crippen molar-refractivity contribution in [3.05, 3.63) is 42.4 Å². The summed E-state index contributed by atoms with van der Waals surface area (Å²) >= 11 is 0. The number of piperidine rings is 1. The molecule has 7 heteroatoms. The zero-order chi connectivity index (χ0) is 16.9. The van der Waals surface area contributed by atoms with Crippen LogP contribution in [0.4, 0.5) is 0 Å². The summed E-state index contributed by atoms with van der Waals surface area (Å²) in [7, 11) is -3.25. The molecule has 2 aromatic rings. The molecule has 1 fully saturated rings. The molecule has 3 atom stereocenters. The van der Waals surface area contributed by atoms with Gasteiger partial charge in [-0.05, 0) is 18.9 Å². The summed E-state index contributed by atoms with van der Waals surface area (Å²) in [6.07, 6.45) is 3.54. The summed E-state index contributed by atoms with van der Waals surface area (Å²) in [5.74, 6) is -0.0930. The van der Waals surface area contributed by atoms with Gasteiger partial charge in [-0.25, -0.2) is 17.7 Å². The Bertz CT molecular complexity index is 861. The first-order chi connectivity index (χ1) is 11.5. The number of hydrogen-bond acceptors (Lipinski definition) is 4. The van der Waals surface area contributed by atoms with Crippen LogP contribution in [0, 0.1) is 5.92 Å². The molecule has 0 unspecified atom stereocenters. The number of sulfonamides is 1. The predicted octanol–water partition coefficient (Wildman–Crippen LogP) is 1.49. The van der Waals surface area contributed by atoms with Crippen LogP contribution >= 0.6 is 0 Å². The summed E-state index contributed by atoms with van der Waals surface area (Å²) < 4.78 is 28.2. The van der Waals surface area contributed by atoms with Crippen LogP contribution in [0.1, 0.15) is 24.9 Å². The fourth-order valence-electron chi connectivity index (χ4n) is 3.99. The molecule has 6 nitrogen and oxygen atoms in total. The summed E-state index contributed by atoms with van der Waals surface area (Å²) in [5, 5.41) is 10.6. The van der Waals surface area contributed by atoms with E-state index in [1.54, 1.807) is 13.3 Å². The van der Waals surface area contributed by atoms with Gasteiger partial charge in [-0.1, -0.05) is 24.3 Å². The van der Waals surface area contributed by atoms with Gasteiger partial charge in [0.25, 0.3) is 0 Å². The quantitative estimate of drug-likeness (QED) is 0.913. The maximum absolute atomic E-state index is 12.3. The Morgan fingerprint density at radius 1 is 1.33 bits per heavy atom. The molecule has 2 aliphatic rings. The van der Waals surface area contributed by atoms with Crippen molar-refractivity contribution in [1.29, 1.82) is 0 Å². The lowest BCUT2D eigenvalue weighted by atomic mass is 9.85. The first-order valence-corrected chi connectivity index (χ1v) is 9.91. The minimum absolute atomic E-state index is 0.0800. The van der Waals surface area contributed by atoms with E-state index < -0.39 is 16.1 Å². The van der Waals surface area contributed by atoms with Crippen molar-refractivity contribution in [3.63, 3.8) is 0 Å². The van der Waals surface area contributed by atoms with E-state index in [-0.39, 0.29) is 17.7 Å². The molecule has 1 N–H and O–H groups in total. The van der Waals surface area contributed by atoms with E-state index in [1.165, 1.54) is 4.31 Å². The molecule has 3 heterocycles. The number of benzene rings is 1. The van der Waals surface area contributed by atoms with Gasteiger partial charge in [0, 0.05) is 24.6 Å². The zero-order valence-corrected chi connectivity index (χ0v) is 14.4. The van der Waals surface area contributed by atoms with Crippen molar-refractivity contribution in [2.45, 2.75) is 25.5 Å². The Morgan fingerprint density at radius 2 is 2.12 bits per heavy atom. The molecular formula is C17H21N3O3S. The van der Waals surface area contributed by atoms with Crippen molar-refractivity contribution in [2.24, 2.45) is 5.92 Å². The van der Waals surface area contributed by atoms with E-state index >= 15 is 0 Å². The highest BCUT2D eigenvalue weighted by molar-refractivity contribution is 7.89. The lowest BCUT2D eigenvalue weighted by Crippen LogP contribution is -2.49. The topological polar surface area (TPSA) is 75.4 Å². The van der Waals surface area contributed by atoms with Gasteiger partial charge in [-0.3, -0.25) is 0 Å². The third-order valence-electron chi connectivity index (χ3n) is 5.27. The third-order valence-corrected chi connectivity index (χ3v) is 7.12. The fraction of sp³-hybridized carbons (Fsp3) is 0.471. The molecule has 0 aliphatic carbocycles. The van der Waals surface area contributed by atoms with E-state index in [9.17, 15) is 13.5 Å². The van der Waals surface area contributed by atoms with Crippen molar-refractivity contribution < 1.29 is 13.5 Å². The van der Waals surface area contributed by atoms with Gasteiger partial charge in [0.15, 0.2) is 0 Å². The number of aliphatic hydroxyl groups is 1. The SMILES string of the molecule is CCS(=O)(=O)N1CC[C@H](O)[C@@H]([C@@H]2c3ccccc3-c3cncn32)C1. The number of nitrogens with zero attached hydrogens (tertiary/aromatic N) is 3. The molecule has 4 rings (SSSR count). The molecule has 0 saturated carbocycles. The number of rotatable bonds is 3. The smallest absolute Gasteiger partial charge is 0.213 e. The van der Waals surface area contributed by atoms with Gasteiger partial charge in [0.2, 0.25) is 10.0 Å². The summed E-state index contributed by atoms with van der Waals surface area (Å²) in [6, 6.07) is 8.01. The first-order valence-electron chi connectivity index (χ1n) is 8.30. The molecule has 0 amide bonds. The van der Waals surface area contributed by atoms with Gasteiger partial charge < -0.3 is 9.67 Å². The highest BCUT2D eigenvalue weighted by Crippen LogP contribution is 2.45. The summed E-state index contributed by atoms with van der Waals surface area (Å²) in [4.78, 5) is 4.25. The van der Waals surface area contributed by atoms with Gasteiger partial charge >= 0.3 is 0 Å². The maximum Gasteiger partial charge on any atom is 0.213 e. The summed E-state index contributed by atoms with van der Waals surface area (Å²) in [5.41, 5.74) is 3.27. The molecule has 24 heavy (non-hydrogen) atoms. The molecule has 0 spiro atoms. The van der Waals surface area contributed by atoms with Crippen LogP contribution in [0.25, 0.3) is 11.3 Å². The van der Waals surface area contributed by atoms with Crippen LogP contribution in [-0.4, -0.2) is 52.3 Å². The monoisotopic (exact) mass is 347 g/mol. The average molecular weight is 347 g/mol.